The highest BCUT2D eigenvalue weighted by Crippen LogP contribution is 2.24. The monoisotopic (exact) mass is 506 g/mol. The Balaban J connectivity index is 1.57. The highest BCUT2D eigenvalue weighted by molar-refractivity contribution is 6.34. The van der Waals surface area contributed by atoms with Crippen molar-refractivity contribution >= 4 is 40.4 Å². The molecule has 1 aromatic heterocycles. The minimum Gasteiger partial charge on any atom is -0.497 e. The van der Waals surface area contributed by atoms with E-state index in [0.717, 1.165) is 23.3 Å². The zero-order valence-corrected chi connectivity index (χ0v) is 20.8. The molecule has 0 fully saturated rings. The average Bonchev–Trinajstić information content (AvgIpc) is 3.23. The van der Waals surface area contributed by atoms with E-state index in [1.165, 1.54) is 0 Å². The maximum Gasteiger partial charge on any atom is 0.259 e. The Morgan fingerprint density at radius 2 is 1.83 bits per heavy atom. The summed E-state index contributed by atoms with van der Waals surface area (Å²) in [5, 5.41) is 6.14. The van der Waals surface area contributed by atoms with Crippen molar-refractivity contribution < 1.29 is 19.1 Å². The van der Waals surface area contributed by atoms with Crippen molar-refractivity contribution in [1.82, 2.24) is 14.9 Å². The quantitative estimate of drug-likeness (QED) is 0.298. The van der Waals surface area contributed by atoms with E-state index in [0.29, 0.717) is 47.3 Å². The van der Waals surface area contributed by atoms with E-state index in [4.69, 9.17) is 21.1 Å². The number of nitrogens with zero attached hydrogens (tertiary/aromatic N) is 2. The Hall–Kier alpha value is -3.88. The molecule has 0 radical (unpaired) electrons. The molecule has 3 aromatic carbocycles. The predicted molar refractivity (Wildman–Crippen MR) is 140 cm³/mol. The highest BCUT2D eigenvalue weighted by atomic mass is 35.5. The third-order valence-corrected chi connectivity index (χ3v) is 6.00. The summed E-state index contributed by atoms with van der Waals surface area (Å²) in [5.41, 5.74) is 3.14. The number of amides is 2. The second kappa shape index (κ2) is 11.7. The van der Waals surface area contributed by atoms with Gasteiger partial charge < -0.3 is 19.4 Å². The lowest BCUT2D eigenvalue weighted by Crippen LogP contribution is -2.22. The molecule has 9 heteroatoms. The molecule has 0 unspecified atom stereocenters. The molecule has 4 rings (SSSR count). The smallest absolute Gasteiger partial charge is 0.259 e. The van der Waals surface area contributed by atoms with Gasteiger partial charge in [0.15, 0.2) is 0 Å². The fourth-order valence-electron chi connectivity index (χ4n) is 3.84. The van der Waals surface area contributed by atoms with Gasteiger partial charge in [0.2, 0.25) is 5.95 Å². The van der Waals surface area contributed by atoms with Crippen LogP contribution < -0.4 is 15.4 Å². The van der Waals surface area contributed by atoms with E-state index < -0.39 is 0 Å². The average molecular weight is 507 g/mol. The molecule has 0 aliphatic carbocycles. The van der Waals surface area contributed by atoms with Crippen molar-refractivity contribution in [3.05, 3.63) is 88.4 Å². The van der Waals surface area contributed by atoms with Crippen molar-refractivity contribution in [3.8, 4) is 5.75 Å². The first-order valence-corrected chi connectivity index (χ1v) is 11.8. The number of aromatic nitrogens is 2. The summed E-state index contributed by atoms with van der Waals surface area (Å²) in [4.78, 5) is 30.4. The number of aryl methyl sites for hydroxylation is 1. The number of carbonyl (C=O) groups is 2. The molecular formula is C27H27ClN4O4. The van der Waals surface area contributed by atoms with Gasteiger partial charge in [-0.05, 0) is 54.4 Å². The van der Waals surface area contributed by atoms with Crippen LogP contribution in [-0.2, 0) is 17.8 Å². The summed E-state index contributed by atoms with van der Waals surface area (Å²) >= 11 is 6.20. The molecule has 0 bridgehead atoms. The van der Waals surface area contributed by atoms with Crippen LogP contribution in [-0.4, -0.2) is 42.2 Å². The Bertz CT molecular complexity index is 1390. The van der Waals surface area contributed by atoms with Crippen molar-refractivity contribution in [2.24, 2.45) is 0 Å². The van der Waals surface area contributed by atoms with Gasteiger partial charge >= 0.3 is 0 Å². The molecular weight excluding hydrogens is 480 g/mol. The minimum absolute atomic E-state index is 0.227. The number of halogens is 1. The molecule has 2 amide bonds. The number of carbonyl (C=O) groups excluding carboxylic acids is 2. The van der Waals surface area contributed by atoms with Gasteiger partial charge in [0.25, 0.3) is 11.8 Å². The largest absolute Gasteiger partial charge is 0.497 e. The van der Waals surface area contributed by atoms with Gasteiger partial charge in [-0.15, -0.1) is 0 Å². The summed E-state index contributed by atoms with van der Waals surface area (Å²) in [7, 11) is 3.25. The van der Waals surface area contributed by atoms with Gasteiger partial charge in [-0.2, -0.15) is 0 Å². The molecule has 0 atom stereocenters. The third kappa shape index (κ3) is 5.84. The molecule has 0 saturated heterocycles. The van der Waals surface area contributed by atoms with Gasteiger partial charge in [0.05, 0.1) is 28.7 Å². The van der Waals surface area contributed by atoms with Gasteiger partial charge in [0.1, 0.15) is 5.75 Å². The third-order valence-electron chi connectivity index (χ3n) is 5.67. The molecule has 186 valence electrons. The second-order valence-corrected chi connectivity index (χ2v) is 8.51. The number of fused-ring (bicyclic) bond motifs is 1. The maximum atomic E-state index is 12.9. The number of methoxy groups -OCH3 is 2. The lowest BCUT2D eigenvalue weighted by Gasteiger charge is -2.11. The Morgan fingerprint density at radius 3 is 2.61 bits per heavy atom. The van der Waals surface area contributed by atoms with Crippen molar-refractivity contribution in [2.75, 3.05) is 26.1 Å². The van der Waals surface area contributed by atoms with E-state index in [2.05, 4.69) is 15.6 Å². The molecule has 0 spiro atoms. The molecule has 1 heterocycles. The molecule has 36 heavy (non-hydrogen) atoms. The summed E-state index contributed by atoms with van der Waals surface area (Å²) in [5.74, 6) is 0.518. The van der Waals surface area contributed by atoms with Crippen LogP contribution in [0.2, 0.25) is 5.02 Å². The number of rotatable bonds is 10. The topological polar surface area (TPSA) is 94.5 Å². The number of benzene rings is 3. The van der Waals surface area contributed by atoms with E-state index in [1.807, 2.05) is 34.9 Å². The highest BCUT2D eigenvalue weighted by Gasteiger charge is 2.17. The van der Waals surface area contributed by atoms with E-state index in [9.17, 15) is 9.59 Å². The molecule has 0 aliphatic rings. The lowest BCUT2D eigenvalue weighted by molar-refractivity contribution is 0.0950. The molecule has 2 N–H and O–H groups in total. The normalized spacial score (nSPS) is 10.9. The van der Waals surface area contributed by atoms with Crippen LogP contribution in [0.4, 0.5) is 5.95 Å². The van der Waals surface area contributed by atoms with Crippen LogP contribution >= 0.6 is 11.6 Å². The Labute approximate surface area is 214 Å². The molecule has 0 saturated carbocycles. The predicted octanol–water partition coefficient (Wildman–Crippen LogP) is 4.92. The zero-order valence-electron chi connectivity index (χ0n) is 20.1. The summed E-state index contributed by atoms with van der Waals surface area (Å²) in [6.45, 7) is 1.49. The first-order chi connectivity index (χ1) is 17.5. The standard InChI is InChI=1S/C27H27ClN4O4/c1-35-14-6-13-32-24-12-11-19(25(33)29-17-18-7-5-8-20(15-18)36-2)16-23(24)30-27(32)31-26(34)21-9-3-4-10-22(21)28/h3-5,7-12,15-16H,6,13-14,17H2,1-2H3,(H,29,33)(H,30,31,34). The van der Waals surface area contributed by atoms with Gasteiger partial charge in [-0.1, -0.05) is 35.9 Å². The SMILES string of the molecule is COCCCn1c(NC(=O)c2ccccc2Cl)nc2cc(C(=O)NCc3cccc(OC)c3)ccc21. The van der Waals surface area contributed by atoms with Crippen LogP contribution in [0.1, 0.15) is 32.7 Å². The molecule has 4 aromatic rings. The fraction of sp³-hybridized carbons (Fsp3) is 0.222. The molecule has 8 nitrogen and oxygen atoms in total. The minimum atomic E-state index is -0.361. The van der Waals surface area contributed by atoms with Crippen LogP contribution in [0.3, 0.4) is 0 Å². The van der Waals surface area contributed by atoms with E-state index in [1.54, 1.807) is 50.6 Å². The fourth-order valence-corrected chi connectivity index (χ4v) is 4.06. The van der Waals surface area contributed by atoms with Gasteiger partial charge in [0, 0.05) is 32.4 Å². The Kier molecular flexibility index (Phi) is 8.20. The zero-order chi connectivity index (χ0) is 25.5. The number of imidazole rings is 1. The number of nitrogens with one attached hydrogen (secondary N) is 2. The van der Waals surface area contributed by atoms with Crippen LogP contribution in [0.25, 0.3) is 11.0 Å². The number of anilines is 1. The summed E-state index contributed by atoms with van der Waals surface area (Å²) in [6, 6.07) is 19.6. The van der Waals surface area contributed by atoms with Crippen LogP contribution in [0, 0.1) is 0 Å². The van der Waals surface area contributed by atoms with E-state index in [-0.39, 0.29) is 11.8 Å². The van der Waals surface area contributed by atoms with Crippen molar-refractivity contribution in [3.63, 3.8) is 0 Å². The Morgan fingerprint density at radius 1 is 1.00 bits per heavy atom. The second-order valence-electron chi connectivity index (χ2n) is 8.11. The number of hydrogen-bond donors (Lipinski definition) is 2. The first kappa shape index (κ1) is 25.2. The van der Waals surface area contributed by atoms with Gasteiger partial charge in [-0.25, -0.2) is 4.98 Å². The lowest BCUT2D eigenvalue weighted by atomic mass is 10.1. The maximum absolute atomic E-state index is 12.9. The molecule has 0 aliphatic heterocycles. The summed E-state index contributed by atoms with van der Waals surface area (Å²) in [6.07, 6.45) is 0.722. The summed E-state index contributed by atoms with van der Waals surface area (Å²) < 4.78 is 12.3. The van der Waals surface area contributed by atoms with E-state index >= 15 is 0 Å². The number of ether oxygens (including phenoxy) is 2. The van der Waals surface area contributed by atoms with Gasteiger partial charge in [-0.3, -0.25) is 14.9 Å². The number of hydrogen-bond acceptors (Lipinski definition) is 5. The van der Waals surface area contributed by atoms with Crippen LogP contribution in [0.15, 0.2) is 66.7 Å². The van der Waals surface area contributed by atoms with Crippen molar-refractivity contribution in [1.29, 1.82) is 0 Å². The first-order valence-electron chi connectivity index (χ1n) is 11.5. The van der Waals surface area contributed by atoms with Crippen molar-refractivity contribution in [2.45, 2.75) is 19.5 Å². The van der Waals surface area contributed by atoms with Crippen LogP contribution in [0.5, 0.6) is 5.75 Å².